The van der Waals surface area contributed by atoms with Crippen LogP contribution in [0.2, 0.25) is 0 Å². The number of pyridine rings is 1. The zero-order valence-corrected chi connectivity index (χ0v) is 11.0. The number of benzene rings is 1. The van der Waals surface area contributed by atoms with Gasteiger partial charge in [-0.25, -0.2) is 4.39 Å². The number of nitrogens with zero attached hydrogens (tertiary/aromatic N) is 2. The molecule has 0 aliphatic heterocycles. The van der Waals surface area contributed by atoms with Gasteiger partial charge in [0.25, 0.3) is 0 Å². The van der Waals surface area contributed by atoms with Crippen LogP contribution in [0.3, 0.4) is 0 Å². The van der Waals surface area contributed by atoms with Crippen LogP contribution in [0.15, 0.2) is 48.8 Å². The minimum atomic E-state index is -0.226. The van der Waals surface area contributed by atoms with Gasteiger partial charge in [0.2, 0.25) is 0 Å². The van der Waals surface area contributed by atoms with E-state index in [0.29, 0.717) is 6.54 Å². The van der Waals surface area contributed by atoms with Crippen LogP contribution in [0.5, 0.6) is 0 Å². The Kier molecular flexibility index (Phi) is 4.60. The molecule has 0 fully saturated rings. The molecule has 4 heteroatoms. The highest BCUT2D eigenvalue weighted by Crippen LogP contribution is 2.20. The molecule has 0 amide bonds. The van der Waals surface area contributed by atoms with Crippen LogP contribution in [-0.4, -0.2) is 23.5 Å². The standard InChI is InChI=1S/C15H18FN3/c1-19(11-12-6-8-18-9-7-12)15(10-17)13-2-4-14(16)5-3-13/h2-9,15H,10-11,17H2,1H3. The highest BCUT2D eigenvalue weighted by Gasteiger charge is 2.15. The van der Waals surface area contributed by atoms with Gasteiger partial charge in [-0.05, 0) is 42.4 Å². The van der Waals surface area contributed by atoms with Crippen LogP contribution in [0.4, 0.5) is 4.39 Å². The van der Waals surface area contributed by atoms with E-state index in [-0.39, 0.29) is 11.9 Å². The fraction of sp³-hybridized carbons (Fsp3) is 0.267. The van der Waals surface area contributed by atoms with Crippen molar-refractivity contribution in [2.75, 3.05) is 13.6 Å². The van der Waals surface area contributed by atoms with Crippen molar-refractivity contribution < 1.29 is 4.39 Å². The van der Waals surface area contributed by atoms with E-state index in [1.165, 1.54) is 17.7 Å². The zero-order chi connectivity index (χ0) is 13.7. The lowest BCUT2D eigenvalue weighted by Crippen LogP contribution is -2.30. The Balaban J connectivity index is 2.11. The van der Waals surface area contributed by atoms with Crippen LogP contribution in [0, 0.1) is 5.82 Å². The fourth-order valence-electron chi connectivity index (χ4n) is 2.14. The lowest BCUT2D eigenvalue weighted by molar-refractivity contribution is 0.241. The number of halogens is 1. The molecule has 2 rings (SSSR count). The van der Waals surface area contributed by atoms with E-state index >= 15 is 0 Å². The summed E-state index contributed by atoms with van der Waals surface area (Å²) in [6.45, 7) is 1.27. The van der Waals surface area contributed by atoms with E-state index in [0.717, 1.165) is 12.1 Å². The van der Waals surface area contributed by atoms with Gasteiger partial charge in [0, 0.05) is 31.5 Å². The van der Waals surface area contributed by atoms with Gasteiger partial charge in [-0.1, -0.05) is 12.1 Å². The van der Waals surface area contributed by atoms with Crippen LogP contribution >= 0.6 is 0 Å². The average Bonchev–Trinajstić information content (AvgIpc) is 2.43. The van der Waals surface area contributed by atoms with Gasteiger partial charge in [-0.3, -0.25) is 9.88 Å². The summed E-state index contributed by atoms with van der Waals surface area (Å²) in [6.07, 6.45) is 3.55. The van der Waals surface area contributed by atoms with E-state index < -0.39 is 0 Å². The summed E-state index contributed by atoms with van der Waals surface area (Å²) in [5.41, 5.74) is 8.06. The largest absolute Gasteiger partial charge is 0.329 e. The summed E-state index contributed by atoms with van der Waals surface area (Å²) in [5.74, 6) is -0.226. The molecule has 0 radical (unpaired) electrons. The molecule has 0 saturated carbocycles. The SMILES string of the molecule is CN(Cc1ccncc1)C(CN)c1ccc(F)cc1. The molecule has 1 atom stereocenters. The first-order valence-corrected chi connectivity index (χ1v) is 6.25. The smallest absolute Gasteiger partial charge is 0.123 e. The molecular formula is C15H18FN3. The minimum Gasteiger partial charge on any atom is -0.329 e. The highest BCUT2D eigenvalue weighted by molar-refractivity contribution is 5.21. The maximum absolute atomic E-state index is 13.0. The molecule has 0 aliphatic rings. The fourth-order valence-corrected chi connectivity index (χ4v) is 2.14. The van der Waals surface area contributed by atoms with Gasteiger partial charge in [-0.15, -0.1) is 0 Å². The number of hydrogen-bond donors (Lipinski definition) is 1. The lowest BCUT2D eigenvalue weighted by atomic mass is 10.1. The van der Waals surface area contributed by atoms with Crippen LogP contribution in [0.1, 0.15) is 17.2 Å². The number of likely N-dealkylation sites (N-methyl/N-ethyl adjacent to an activating group) is 1. The Morgan fingerprint density at radius 2 is 1.79 bits per heavy atom. The maximum Gasteiger partial charge on any atom is 0.123 e. The monoisotopic (exact) mass is 259 g/mol. The molecule has 19 heavy (non-hydrogen) atoms. The first kappa shape index (κ1) is 13.6. The van der Waals surface area contributed by atoms with Crippen LogP contribution in [-0.2, 0) is 6.54 Å². The molecule has 2 N–H and O–H groups in total. The van der Waals surface area contributed by atoms with Gasteiger partial charge in [0.1, 0.15) is 5.82 Å². The van der Waals surface area contributed by atoms with Crippen molar-refractivity contribution in [1.82, 2.24) is 9.88 Å². The zero-order valence-electron chi connectivity index (χ0n) is 11.0. The molecule has 0 spiro atoms. The van der Waals surface area contributed by atoms with Crippen molar-refractivity contribution in [3.63, 3.8) is 0 Å². The van der Waals surface area contributed by atoms with Gasteiger partial charge < -0.3 is 5.73 Å². The second kappa shape index (κ2) is 6.41. The van der Waals surface area contributed by atoms with Crippen molar-refractivity contribution in [3.8, 4) is 0 Å². The summed E-state index contributed by atoms with van der Waals surface area (Å²) in [7, 11) is 2.02. The Labute approximate surface area is 112 Å². The quantitative estimate of drug-likeness (QED) is 0.896. The van der Waals surface area contributed by atoms with E-state index in [1.807, 2.05) is 19.2 Å². The summed E-state index contributed by atoms with van der Waals surface area (Å²) in [4.78, 5) is 6.16. The molecule has 2 aromatic rings. The number of hydrogen-bond acceptors (Lipinski definition) is 3. The molecule has 1 aromatic carbocycles. The minimum absolute atomic E-state index is 0.0776. The van der Waals surface area contributed by atoms with E-state index in [1.54, 1.807) is 24.5 Å². The van der Waals surface area contributed by atoms with Crippen molar-refractivity contribution in [2.24, 2.45) is 5.73 Å². The summed E-state index contributed by atoms with van der Waals surface area (Å²) >= 11 is 0. The van der Waals surface area contributed by atoms with E-state index in [4.69, 9.17) is 5.73 Å². The Hall–Kier alpha value is -1.78. The molecular weight excluding hydrogens is 241 g/mol. The first-order valence-electron chi connectivity index (χ1n) is 6.25. The third kappa shape index (κ3) is 3.59. The summed E-state index contributed by atoms with van der Waals surface area (Å²) in [6, 6.07) is 10.6. The molecule has 1 unspecified atom stereocenters. The van der Waals surface area contributed by atoms with Crippen molar-refractivity contribution >= 4 is 0 Å². The Bertz CT molecular complexity index is 499. The molecule has 1 heterocycles. The normalized spacial score (nSPS) is 12.6. The Morgan fingerprint density at radius 3 is 2.37 bits per heavy atom. The molecule has 3 nitrogen and oxygen atoms in total. The van der Waals surface area contributed by atoms with Crippen LogP contribution in [0.25, 0.3) is 0 Å². The number of nitrogens with two attached hydrogens (primary N) is 1. The van der Waals surface area contributed by atoms with Crippen molar-refractivity contribution in [3.05, 3.63) is 65.7 Å². The van der Waals surface area contributed by atoms with Crippen molar-refractivity contribution in [2.45, 2.75) is 12.6 Å². The van der Waals surface area contributed by atoms with Crippen molar-refractivity contribution in [1.29, 1.82) is 0 Å². The molecule has 0 saturated heterocycles. The molecule has 1 aromatic heterocycles. The summed E-state index contributed by atoms with van der Waals surface area (Å²) in [5, 5.41) is 0. The predicted molar refractivity (Wildman–Crippen MR) is 73.9 cm³/mol. The van der Waals surface area contributed by atoms with Gasteiger partial charge in [-0.2, -0.15) is 0 Å². The summed E-state index contributed by atoms with van der Waals surface area (Å²) < 4.78 is 13.0. The number of rotatable bonds is 5. The van der Waals surface area contributed by atoms with E-state index in [9.17, 15) is 4.39 Å². The molecule has 0 aliphatic carbocycles. The lowest BCUT2D eigenvalue weighted by Gasteiger charge is -2.27. The topological polar surface area (TPSA) is 42.2 Å². The second-order valence-corrected chi connectivity index (χ2v) is 4.57. The first-order chi connectivity index (χ1) is 9.20. The van der Waals surface area contributed by atoms with Gasteiger partial charge in [0.15, 0.2) is 0 Å². The van der Waals surface area contributed by atoms with Gasteiger partial charge in [0.05, 0.1) is 0 Å². The maximum atomic E-state index is 13.0. The average molecular weight is 259 g/mol. The van der Waals surface area contributed by atoms with Crippen LogP contribution < -0.4 is 5.73 Å². The Morgan fingerprint density at radius 1 is 1.16 bits per heavy atom. The second-order valence-electron chi connectivity index (χ2n) is 4.57. The van der Waals surface area contributed by atoms with Gasteiger partial charge >= 0.3 is 0 Å². The van der Waals surface area contributed by atoms with E-state index in [2.05, 4.69) is 9.88 Å². The molecule has 100 valence electrons. The highest BCUT2D eigenvalue weighted by atomic mass is 19.1. The third-order valence-corrected chi connectivity index (χ3v) is 3.19. The number of aromatic nitrogens is 1. The predicted octanol–water partition coefficient (Wildman–Crippen LogP) is 2.35. The molecule has 0 bridgehead atoms. The third-order valence-electron chi connectivity index (χ3n) is 3.19.